The SMILES string of the molecule is COc1c(C)cc(C(=C2C=CC(=[N+](C)C)C=C2)c2ccccc2)cc1C. The van der Waals surface area contributed by atoms with Crippen molar-refractivity contribution in [2.45, 2.75) is 13.8 Å². The topological polar surface area (TPSA) is 12.2 Å². The number of aryl methyl sites for hydroxylation is 2. The highest BCUT2D eigenvalue weighted by Gasteiger charge is 2.15. The summed E-state index contributed by atoms with van der Waals surface area (Å²) in [7, 11) is 5.86. The predicted molar refractivity (Wildman–Crippen MR) is 110 cm³/mol. The summed E-state index contributed by atoms with van der Waals surface area (Å²) >= 11 is 0. The van der Waals surface area contributed by atoms with Gasteiger partial charge in [0.15, 0.2) is 5.71 Å². The van der Waals surface area contributed by atoms with E-state index in [0.29, 0.717) is 0 Å². The van der Waals surface area contributed by atoms with Crippen LogP contribution in [-0.2, 0) is 0 Å². The van der Waals surface area contributed by atoms with Crippen LogP contribution in [0.4, 0.5) is 0 Å². The Morgan fingerprint density at radius 3 is 1.88 bits per heavy atom. The van der Waals surface area contributed by atoms with Gasteiger partial charge in [-0.2, -0.15) is 0 Å². The van der Waals surface area contributed by atoms with Crippen LogP contribution in [0.15, 0.2) is 72.3 Å². The lowest BCUT2D eigenvalue weighted by molar-refractivity contribution is -0.462. The van der Waals surface area contributed by atoms with E-state index in [2.05, 4.69) is 99.3 Å². The third-order valence-electron chi connectivity index (χ3n) is 4.69. The van der Waals surface area contributed by atoms with Crippen molar-refractivity contribution in [1.29, 1.82) is 0 Å². The second kappa shape index (κ2) is 7.57. The second-order valence-electron chi connectivity index (χ2n) is 6.83. The molecule has 0 aliphatic heterocycles. The normalized spacial score (nSPS) is 13.1. The molecule has 2 aromatic carbocycles. The zero-order valence-electron chi connectivity index (χ0n) is 16.2. The van der Waals surface area contributed by atoms with Gasteiger partial charge in [-0.15, -0.1) is 0 Å². The minimum absolute atomic E-state index is 0.962. The minimum Gasteiger partial charge on any atom is -0.496 e. The summed E-state index contributed by atoms with van der Waals surface area (Å²) in [5.74, 6) is 0.962. The van der Waals surface area contributed by atoms with Crippen LogP contribution in [0, 0.1) is 13.8 Å². The summed E-state index contributed by atoms with van der Waals surface area (Å²) in [4.78, 5) is 0. The highest BCUT2D eigenvalue weighted by molar-refractivity contribution is 6.04. The molecule has 2 aromatic rings. The molecule has 0 amide bonds. The molecule has 0 atom stereocenters. The van der Waals surface area contributed by atoms with Gasteiger partial charge in [0.2, 0.25) is 0 Å². The van der Waals surface area contributed by atoms with Crippen LogP contribution >= 0.6 is 0 Å². The molecule has 0 fully saturated rings. The van der Waals surface area contributed by atoms with Crippen molar-refractivity contribution in [2.75, 3.05) is 21.2 Å². The maximum Gasteiger partial charge on any atom is 0.199 e. The molecule has 0 heterocycles. The maximum absolute atomic E-state index is 5.55. The summed E-state index contributed by atoms with van der Waals surface area (Å²) in [6.07, 6.45) is 8.74. The summed E-state index contributed by atoms with van der Waals surface area (Å²) in [6, 6.07) is 15.0. The Morgan fingerprint density at radius 2 is 1.38 bits per heavy atom. The maximum atomic E-state index is 5.55. The molecule has 0 unspecified atom stereocenters. The standard InChI is InChI=1S/C24H26NO/c1-17-15-21(16-18(2)24(17)26-5)23(19-9-7-6-8-10-19)20-11-13-22(14-12-20)25(3)4/h6-16H,1-5H3/q+1. The van der Waals surface area contributed by atoms with Gasteiger partial charge in [-0.1, -0.05) is 30.3 Å². The summed E-state index contributed by atoms with van der Waals surface area (Å²) < 4.78 is 7.67. The van der Waals surface area contributed by atoms with Gasteiger partial charge in [0.25, 0.3) is 0 Å². The van der Waals surface area contributed by atoms with Gasteiger partial charge in [0.05, 0.1) is 7.11 Å². The van der Waals surface area contributed by atoms with E-state index in [9.17, 15) is 0 Å². The third kappa shape index (κ3) is 3.55. The van der Waals surface area contributed by atoms with E-state index in [1.807, 2.05) is 0 Å². The number of hydrogen-bond donors (Lipinski definition) is 0. The minimum atomic E-state index is 0.962. The van der Waals surface area contributed by atoms with Crippen LogP contribution in [0.2, 0.25) is 0 Å². The molecule has 0 saturated carbocycles. The number of benzene rings is 2. The molecule has 0 N–H and O–H groups in total. The molecule has 26 heavy (non-hydrogen) atoms. The predicted octanol–water partition coefficient (Wildman–Crippen LogP) is 4.95. The van der Waals surface area contributed by atoms with Crippen molar-refractivity contribution < 1.29 is 9.31 Å². The molecule has 2 nitrogen and oxygen atoms in total. The fourth-order valence-corrected chi connectivity index (χ4v) is 3.45. The molecule has 1 aliphatic rings. The van der Waals surface area contributed by atoms with Crippen LogP contribution in [-0.4, -0.2) is 31.5 Å². The van der Waals surface area contributed by atoms with Crippen LogP contribution in [0.3, 0.4) is 0 Å². The monoisotopic (exact) mass is 344 g/mol. The zero-order chi connectivity index (χ0) is 18.7. The van der Waals surface area contributed by atoms with Gasteiger partial charge in [0, 0.05) is 12.2 Å². The van der Waals surface area contributed by atoms with Gasteiger partial charge in [-0.3, -0.25) is 0 Å². The van der Waals surface area contributed by atoms with Crippen molar-refractivity contribution in [1.82, 2.24) is 0 Å². The molecule has 0 bridgehead atoms. The molecule has 0 aromatic heterocycles. The second-order valence-corrected chi connectivity index (χ2v) is 6.83. The molecule has 132 valence electrons. The number of methoxy groups -OCH3 is 1. The number of rotatable bonds is 3. The summed E-state index contributed by atoms with van der Waals surface area (Å²) in [5, 5.41) is 0. The van der Waals surface area contributed by atoms with Crippen LogP contribution in [0.5, 0.6) is 5.75 Å². The highest BCUT2D eigenvalue weighted by Crippen LogP contribution is 2.34. The van der Waals surface area contributed by atoms with Gasteiger partial charge >= 0.3 is 0 Å². The largest absolute Gasteiger partial charge is 0.496 e. The van der Waals surface area contributed by atoms with Crippen molar-refractivity contribution in [3.8, 4) is 5.75 Å². The summed E-state index contributed by atoms with van der Waals surface area (Å²) in [5.41, 5.74) is 8.39. The van der Waals surface area contributed by atoms with Gasteiger partial charge in [-0.25, -0.2) is 4.58 Å². The van der Waals surface area contributed by atoms with Crippen molar-refractivity contribution in [3.05, 3.63) is 94.6 Å². The van der Waals surface area contributed by atoms with Gasteiger partial charge < -0.3 is 4.74 Å². The molecule has 2 heteroatoms. The van der Waals surface area contributed by atoms with E-state index in [-0.39, 0.29) is 0 Å². The van der Waals surface area contributed by atoms with Crippen LogP contribution in [0.25, 0.3) is 5.57 Å². The Kier molecular flexibility index (Phi) is 5.22. The first-order chi connectivity index (χ1) is 12.5. The van der Waals surface area contributed by atoms with E-state index in [4.69, 9.17) is 4.74 Å². The molecule has 0 radical (unpaired) electrons. The van der Waals surface area contributed by atoms with Gasteiger partial charge in [-0.05, 0) is 71.5 Å². The molecule has 1 aliphatic carbocycles. The number of allylic oxidation sites excluding steroid dienone is 5. The average molecular weight is 344 g/mol. The van der Waals surface area contributed by atoms with Crippen molar-refractivity contribution in [2.24, 2.45) is 0 Å². The molecular weight excluding hydrogens is 318 g/mol. The lowest BCUT2D eigenvalue weighted by Gasteiger charge is -2.17. The lowest BCUT2D eigenvalue weighted by atomic mass is 9.89. The molecule has 3 rings (SSSR count). The van der Waals surface area contributed by atoms with E-state index in [1.165, 1.54) is 28.0 Å². The molecule has 0 spiro atoms. The van der Waals surface area contributed by atoms with E-state index in [1.54, 1.807) is 7.11 Å². The van der Waals surface area contributed by atoms with Gasteiger partial charge in [0.1, 0.15) is 19.8 Å². The zero-order valence-corrected chi connectivity index (χ0v) is 16.2. The number of ether oxygens (including phenoxy) is 1. The molecular formula is C24H26NO+. The van der Waals surface area contributed by atoms with E-state index in [0.717, 1.165) is 16.9 Å². The Hall–Kier alpha value is -2.87. The Balaban J connectivity index is 2.22. The Bertz CT molecular complexity index is 898. The lowest BCUT2D eigenvalue weighted by Crippen LogP contribution is -2.10. The Labute approximate surface area is 156 Å². The third-order valence-corrected chi connectivity index (χ3v) is 4.69. The van der Waals surface area contributed by atoms with E-state index >= 15 is 0 Å². The Morgan fingerprint density at radius 1 is 0.808 bits per heavy atom. The van der Waals surface area contributed by atoms with Crippen LogP contribution < -0.4 is 4.74 Å². The first kappa shape index (κ1) is 17.9. The number of hydrogen-bond acceptors (Lipinski definition) is 1. The fourth-order valence-electron chi connectivity index (χ4n) is 3.45. The number of nitrogens with zero attached hydrogens (tertiary/aromatic N) is 1. The highest BCUT2D eigenvalue weighted by atomic mass is 16.5. The smallest absolute Gasteiger partial charge is 0.199 e. The molecule has 0 saturated heterocycles. The first-order valence-corrected chi connectivity index (χ1v) is 8.87. The van der Waals surface area contributed by atoms with Crippen molar-refractivity contribution >= 4 is 11.3 Å². The van der Waals surface area contributed by atoms with Crippen LogP contribution in [0.1, 0.15) is 22.3 Å². The van der Waals surface area contributed by atoms with E-state index < -0.39 is 0 Å². The fraction of sp³-hybridized carbons (Fsp3) is 0.208. The quantitative estimate of drug-likeness (QED) is 0.717. The van der Waals surface area contributed by atoms with Crippen molar-refractivity contribution in [3.63, 3.8) is 0 Å². The first-order valence-electron chi connectivity index (χ1n) is 8.87. The average Bonchev–Trinajstić information content (AvgIpc) is 2.63. The summed E-state index contributed by atoms with van der Waals surface area (Å²) in [6.45, 7) is 4.21.